The highest BCUT2D eigenvalue weighted by Crippen LogP contribution is 2.41. The van der Waals surface area contributed by atoms with Gasteiger partial charge in [0, 0.05) is 16.5 Å². The van der Waals surface area contributed by atoms with Crippen LogP contribution in [-0.4, -0.2) is 20.9 Å². The van der Waals surface area contributed by atoms with Gasteiger partial charge in [0.05, 0.1) is 16.8 Å². The van der Waals surface area contributed by atoms with E-state index in [0.29, 0.717) is 27.7 Å². The van der Waals surface area contributed by atoms with Gasteiger partial charge in [-0.05, 0) is 18.6 Å². The number of phenolic OH excluding ortho intramolecular Hbond substituents is 1. The van der Waals surface area contributed by atoms with Crippen molar-refractivity contribution in [2.75, 3.05) is 0 Å². The zero-order chi connectivity index (χ0) is 13.9. The number of fused-ring (bicyclic) bond motifs is 2. The third-order valence-corrected chi connectivity index (χ3v) is 3.73. The van der Waals surface area contributed by atoms with E-state index >= 15 is 0 Å². The number of hydrogen-bond donors (Lipinski definition) is 1. The van der Waals surface area contributed by atoms with Crippen LogP contribution in [-0.2, 0) is 0 Å². The Morgan fingerprint density at radius 3 is 2.65 bits per heavy atom. The fourth-order valence-electron chi connectivity index (χ4n) is 2.85. The zero-order valence-electron chi connectivity index (χ0n) is 10.7. The second-order valence-electron chi connectivity index (χ2n) is 4.91. The molecule has 0 radical (unpaired) electrons. The Morgan fingerprint density at radius 2 is 1.85 bits per heavy atom. The average Bonchev–Trinajstić information content (AvgIpc) is 2.46. The molecule has 0 amide bonds. The molecular formula is C16H10N2O2. The number of hydrogen-bond acceptors (Lipinski definition) is 4. The summed E-state index contributed by atoms with van der Waals surface area (Å²) in [5.41, 5.74) is 3.92. The van der Waals surface area contributed by atoms with Gasteiger partial charge in [-0.15, -0.1) is 0 Å². The lowest BCUT2D eigenvalue weighted by Crippen LogP contribution is -2.12. The maximum absolute atomic E-state index is 12.6. The summed E-state index contributed by atoms with van der Waals surface area (Å²) in [6.07, 6.45) is 1.50. The van der Waals surface area contributed by atoms with Crippen molar-refractivity contribution in [2.24, 2.45) is 0 Å². The number of benzene rings is 2. The molecule has 1 aliphatic rings. The van der Waals surface area contributed by atoms with Gasteiger partial charge >= 0.3 is 0 Å². The molecule has 1 aliphatic carbocycles. The molecule has 1 N–H and O–H groups in total. The van der Waals surface area contributed by atoms with Gasteiger partial charge in [-0.1, -0.05) is 24.3 Å². The standard InChI is InChI=1S/C16H10N2O2/c1-8-6-11(19)12-13-14(8)17-7-18-15(13)9-4-2-3-5-10(9)16(12)20/h2-7,19H,1H3. The van der Waals surface area contributed by atoms with Crippen LogP contribution < -0.4 is 0 Å². The van der Waals surface area contributed by atoms with E-state index in [1.165, 1.54) is 6.33 Å². The minimum atomic E-state index is -0.176. The summed E-state index contributed by atoms with van der Waals surface area (Å²) in [6, 6.07) is 8.90. The van der Waals surface area contributed by atoms with E-state index < -0.39 is 0 Å². The van der Waals surface area contributed by atoms with Gasteiger partial charge in [-0.3, -0.25) is 4.79 Å². The smallest absolute Gasteiger partial charge is 0.198 e. The number of aromatic nitrogens is 2. The highest BCUT2D eigenvalue weighted by atomic mass is 16.3. The van der Waals surface area contributed by atoms with Crippen LogP contribution in [0.2, 0.25) is 0 Å². The summed E-state index contributed by atoms with van der Waals surface area (Å²) in [7, 11) is 0. The van der Waals surface area contributed by atoms with E-state index in [1.807, 2.05) is 25.1 Å². The Labute approximate surface area is 114 Å². The number of ketones is 1. The van der Waals surface area contributed by atoms with Gasteiger partial charge in [0.1, 0.15) is 12.1 Å². The fourth-order valence-corrected chi connectivity index (χ4v) is 2.85. The number of nitrogens with zero attached hydrogens (tertiary/aromatic N) is 2. The quantitative estimate of drug-likeness (QED) is 0.529. The molecule has 1 heterocycles. The summed E-state index contributed by atoms with van der Waals surface area (Å²) in [5.74, 6) is -0.184. The van der Waals surface area contributed by atoms with Crippen molar-refractivity contribution in [3.8, 4) is 17.0 Å². The Bertz CT molecular complexity index is 900. The predicted octanol–water partition coefficient (Wildman–Crippen LogP) is 2.86. The van der Waals surface area contributed by atoms with Crippen molar-refractivity contribution < 1.29 is 9.90 Å². The van der Waals surface area contributed by atoms with Gasteiger partial charge in [0.25, 0.3) is 0 Å². The van der Waals surface area contributed by atoms with Crippen molar-refractivity contribution in [3.63, 3.8) is 0 Å². The number of phenols is 1. The van der Waals surface area contributed by atoms with Crippen LogP contribution in [0, 0.1) is 6.92 Å². The van der Waals surface area contributed by atoms with Gasteiger partial charge in [-0.2, -0.15) is 0 Å². The van der Waals surface area contributed by atoms with Crippen LogP contribution in [0.25, 0.3) is 22.2 Å². The summed E-state index contributed by atoms with van der Waals surface area (Å²) >= 11 is 0. The largest absolute Gasteiger partial charge is 0.507 e. The first-order chi connectivity index (χ1) is 9.68. The van der Waals surface area contributed by atoms with E-state index in [4.69, 9.17) is 0 Å². The summed E-state index contributed by atoms with van der Waals surface area (Å²) in [5, 5.41) is 10.8. The molecule has 0 spiro atoms. The molecule has 96 valence electrons. The number of carbonyl (C=O) groups is 1. The Hall–Kier alpha value is -2.75. The van der Waals surface area contributed by atoms with Gasteiger partial charge in [0.2, 0.25) is 0 Å². The van der Waals surface area contributed by atoms with Gasteiger partial charge in [0.15, 0.2) is 5.78 Å². The molecule has 0 aliphatic heterocycles. The molecule has 1 aromatic heterocycles. The van der Waals surface area contributed by atoms with Gasteiger partial charge < -0.3 is 5.11 Å². The van der Waals surface area contributed by atoms with Crippen LogP contribution in [0.1, 0.15) is 21.5 Å². The number of carbonyl (C=O) groups excluding carboxylic acids is 1. The molecule has 3 aromatic rings. The maximum atomic E-state index is 12.6. The first-order valence-corrected chi connectivity index (χ1v) is 6.30. The van der Waals surface area contributed by atoms with Gasteiger partial charge in [-0.25, -0.2) is 9.97 Å². The van der Waals surface area contributed by atoms with Crippen LogP contribution in [0.3, 0.4) is 0 Å². The lowest BCUT2D eigenvalue weighted by atomic mass is 9.85. The third kappa shape index (κ3) is 1.23. The molecule has 4 rings (SSSR count). The van der Waals surface area contributed by atoms with E-state index in [0.717, 1.165) is 11.1 Å². The molecule has 0 fully saturated rings. The van der Waals surface area contributed by atoms with E-state index in [-0.39, 0.29) is 11.5 Å². The third-order valence-electron chi connectivity index (χ3n) is 3.73. The SMILES string of the molecule is Cc1cc(O)c2c3c(ncnc13)-c1ccccc1C2=O. The molecular weight excluding hydrogens is 252 g/mol. The first-order valence-electron chi connectivity index (χ1n) is 6.30. The Balaban J connectivity index is 2.31. The van der Waals surface area contributed by atoms with E-state index in [1.54, 1.807) is 12.1 Å². The van der Waals surface area contributed by atoms with Crippen LogP contribution in [0.5, 0.6) is 5.75 Å². The number of aryl methyl sites for hydroxylation is 1. The maximum Gasteiger partial charge on any atom is 0.198 e. The van der Waals surface area contributed by atoms with Crippen LogP contribution in [0.4, 0.5) is 0 Å². The molecule has 0 unspecified atom stereocenters. The van der Waals surface area contributed by atoms with Crippen molar-refractivity contribution in [2.45, 2.75) is 6.92 Å². The summed E-state index contributed by atoms with van der Waals surface area (Å²) in [4.78, 5) is 21.2. The number of aromatic hydroxyl groups is 1. The highest BCUT2D eigenvalue weighted by Gasteiger charge is 2.29. The molecule has 2 aromatic carbocycles. The minimum Gasteiger partial charge on any atom is -0.507 e. The van der Waals surface area contributed by atoms with Crippen molar-refractivity contribution in [1.82, 2.24) is 9.97 Å². The second kappa shape index (κ2) is 3.63. The average molecular weight is 262 g/mol. The van der Waals surface area contributed by atoms with Crippen molar-refractivity contribution >= 4 is 16.7 Å². The van der Waals surface area contributed by atoms with Crippen molar-refractivity contribution in [3.05, 3.63) is 53.3 Å². The molecule has 0 bridgehead atoms. The minimum absolute atomic E-state index is 0.00875. The summed E-state index contributed by atoms with van der Waals surface area (Å²) in [6.45, 7) is 1.86. The Kier molecular flexibility index (Phi) is 2.02. The lowest BCUT2D eigenvalue weighted by molar-refractivity contribution is 0.103. The molecule has 0 atom stereocenters. The van der Waals surface area contributed by atoms with Crippen LogP contribution in [0.15, 0.2) is 36.7 Å². The topological polar surface area (TPSA) is 63.1 Å². The zero-order valence-corrected chi connectivity index (χ0v) is 10.7. The second-order valence-corrected chi connectivity index (χ2v) is 4.91. The normalized spacial score (nSPS) is 12.6. The lowest BCUT2D eigenvalue weighted by Gasteiger charge is -2.19. The monoisotopic (exact) mass is 262 g/mol. The fraction of sp³-hybridized carbons (Fsp3) is 0.0625. The predicted molar refractivity (Wildman–Crippen MR) is 74.8 cm³/mol. The first kappa shape index (κ1) is 11.1. The van der Waals surface area contributed by atoms with E-state index in [9.17, 15) is 9.90 Å². The molecule has 20 heavy (non-hydrogen) atoms. The van der Waals surface area contributed by atoms with Crippen LogP contribution >= 0.6 is 0 Å². The molecule has 4 heteroatoms. The van der Waals surface area contributed by atoms with E-state index in [2.05, 4.69) is 9.97 Å². The molecule has 0 saturated carbocycles. The summed E-state index contributed by atoms with van der Waals surface area (Å²) < 4.78 is 0. The Morgan fingerprint density at radius 1 is 1.10 bits per heavy atom. The molecule has 0 saturated heterocycles. The number of rotatable bonds is 0. The van der Waals surface area contributed by atoms with Crippen molar-refractivity contribution in [1.29, 1.82) is 0 Å². The highest BCUT2D eigenvalue weighted by molar-refractivity contribution is 6.26. The molecule has 4 nitrogen and oxygen atoms in total.